The molecule has 1 aromatic rings. The van der Waals surface area contributed by atoms with Crippen LogP contribution in [-0.4, -0.2) is 81.3 Å². The standard InChI is InChI=1S/C31H50N2O7/c1-29(2,3)38-26(35)19-32(18-22-14-10-13-17-25(22)34)23-15-11-12-16-24(23)33(20-27(36)39-30(4,5)6)21-28(37)40-31(7,8)9/h10,13-14,17,23-24,34H,11-12,15-16,18-21H2,1-9H3/t23-,24-/m1/s1. The summed E-state index contributed by atoms with van der Waals surface area (Å²) in [6.07, 6.45) is 3.32. The second-order valence-electron chi connectivity index (χ2n) is 13.6. The zero-order valence-electron chi connectivity index (χ0n) is 25.9. The number of carbonyl (C=O) groups excluding carboxylic acids is 3. The highest BCUT2D eigenvalue weighted by atomic mass is 16.6. The topological polar surface area (TPSA) is 106 Å². The quantitative estimate of drug-likeness (QED) is 0.317. The first-order valence-electron chi connectivity index (χ1n) is 14.2. The Labute approximate surface area is 240 Å². The van der Waals surface area contributed by atoms with Gasteiger partial charge in [0.25, 0.3) is 0 Å². The third-order valence-electron chi connectivity index (χ3n) is 6.25. The second kappa shape index (κ2) is 13.8. The van der Waals surface area contributed by atoms with Crippen LogP contribution in [0.4, 0.5) is 0 Å². The first-order chi connectivity index (χ1) is 18.3. The second-order valence-corrected chi connectivity index (χ2v) is 13.6. The van der Waals surface area contributed by atoms with Gasteiger partial charge < -0.3 is 19.3 Å². The Morgan fingerprint density at radius 3 is 1.48 bits per heavy atom. The van der Waals surface area contributed by atoms with Gasteiger partial charge in [-0.2, -0.15) is 0 Å². The number of carbonyl (C=O) groups is 3. The molecule has 0 aliphatic heterocycles. The predicted molar refractivity (Wildman–Crippen MR) is 154 cm³/mol. The Morgan fingerprint density at radius 1 is 0.700 bits per heavy atom. The average Bonchev–Trinajstić information content (AvgIpc) is 2.76. The van der Waals surface area contributed by atoms with Gasteiger partial charge in [0.15, 0.2) is 0 Å². The van der Waals surface area contributed by atoms with Gasteiger partial charge in [-0.3, -0.25) is 24.2 Å². The fourth-order valence-corrected chi connectivity index (χ4v) is 5.01. The maximum absolute atomic E-state index is 13.0. The van der Waals surface area contributed by atoms with E-state index in [0.717, 1.165) is 25.7 Å². The molecule has 0 bridgehead atoms. The molecule has 2 atom stereocenters. The predicted octanol–water partition coefficient (Wildman–Crippen LogP) is 4.83. The minimum Gasteiger partial charge on any atom is -0.508 e. The van der Waals surface area contributed by atoms with Gasteiger partial charge in [0, 0.05) is 24.2 Å². The van der Waals surface area contributed by atoms with Crippen molar-refractivity contribution in [3.63, 3.8) is 0 Å². The van der Waals surface area contributed by atoms with Crippen molar-refractivity contribution in [2.75, 3.05) is 19.6 Å². The van der Waals surface area contributed by atoms with Crippen LogP contribution in [0, 0.1) is 0 Å². The zero-order chi connectivity index (χ0) is 30.3. The van der Waals surface area contributed by atoms with Crippen LogP contribution in [0.1, 0.15) is 93.6 Å². The number of esters is 3. The SMILES string of the molecule is CC(C)(C)OC(=O)CN(CC(=O)OC(C)(C)C)[C@@H]1CCCC[C@H]1N(CC(=O)OC(C)(C)C)Cc1ccccc1O. The molecule has 1 aromatic carbocycles. The van der Waals surface area contributed by atoms with Crippen molar-refractivity contribution in [3.05, 3.63) is 29.8 Å². The zero-order valence-corrected chi connectivity index (χ0v) is 25.9. The number of rotatable bonds is 10. The van der Waals surface area contributed by atoms with Gasteiger partial charge in [-0.05, 0) is 81.2 Å². The van der Waals surface area contributed by atoms with Crippen LogP contribution in [0.3, 0.4) is 0 Å². The van der Waals surface area contributed by atoms with Crippen LogP contribution in [0.5, 0.6) is 5.75 Å². The average molecular weight is 563 g/mol. The van der Waals surface area contributed by atoms with E-state index in [1.165, 1.54) is 0 Å². The Hall–Kier alpha value is -2.65. The number of hydrogen-bond acceptors (Lipinski definition) is 9. The normalized spacial score (nSPS) is 18.5. The van der Waals surface area contributed by atoms with E-state index in [-0.39, 0.29) is 43.4 Å². The fourth-order valence-electron chi connectivity index (χ4n) is 5.01. The smallest absolute Gasteiger partial charge is 0.320 e. The summed E-state index contributed by atoms with van der Waals surface area (Å²) in [5, 5.41) is 10.5. The summed E-state index contributed by atoms with van der Waals surface area (Å²) in [5.74, 6) is -1.10. The number of ether oxygens (including phenoxy) is 3. The van der Waals surface area contributed by atoms with E-state index >= 15 is 0 Å². The third kappa shape index (κ3) is 12.3. The highest BCUT2D eigenvalue weighted by molar-refractivity contribution is 5.75. The van der Waals surface area contributed by atoms with Gasteiger partial charge in [-0.1, -0.05) is 31.0 Å². The molecule has 1 aliphatic rings. The number of para-hydroxylation sites is 1. The summed E-state index contributed by atoms with van der Waals surface area (Å²) in [6, 6.07) is 6.62. The lowest BCUT2D eigenvalue weighted by molar-refractivity contribution is -0.164. The molecular formula is C31H50N2O7. The Balaban J connectivity index is 2.43. The van der Waals surface area contributed by atoms with Crippen LogP contribution in [-0.2, 0) is 35.1 Å². The van der Waals surface area contributed by atoms with Crippen molar-refractivity contribution >= 4 is 17.9 Å². The summed E-state index contributed by atoms with van der Waals surface area (Å²) in [7, 11) is 0. The number of nitrogens with zero attached hydrogens (tertiary/aromatic N) is 2. The maximum atomic E-state index is 13.0. The number of phenols is 1. The lowest BCUT2D eigenvalue weighted by Gasteiger charge is -2.44. The first kappa shape index (κ1) is 33.6. The molecule has 0 amide bonds. The van der Waals surface area contributed by atoms with E-state index in [9.17, 15) is 19.5 Å². The summed E-state index contributed by atoms with van der Waals surface area (Å²) < 4.78 is 16.9. The first-order valence-corrected chi connectivity index (χ1v) is 14.2. The van der Waals surface area contributed by atoms with Crippen molar-refractivity contribution in [1.29, 1.82) is 0 Å². The van der Waals surface area contributed by atoms with Crippen molar-refractivity contribution in [2.45, 2.75) is 123 Å². The van der Waals surface area contributed by atoms with Gasteiger partial charge in [-0.15, -0.1) is 0 Å². The van der Waals surface area contributed by atoms with E-state index in [2.05, 4.69) is 0 Å². The molecule has 0 radical (unpaired) electrons. The Kier molecular flexibility index (Phi) is 11.6. The lowest BCUT2D eigenvalue weighted by atomic mass is 9.87. The number of phenolic OH excluding ortho intramolecular Hbond substituents is 1. The van der Waals surface area contributed by atoms with Crippen LogP contribution < -0.4 is 0 Å². The van der Waals surface area contributed by atoms with Gasteiger partial charge in [0.1, 0.15) is 22.6 Å². The molecule has 0 saturated heterocycles. The van der Waals surface area contributed by atoms with Crippen LogP contribution >= 0.6 is 0 Å². The molecule has 2 rings (SSSR count). The monoisotopic (exact) mass is 562 g/mol. The van der Waals surface area contributed by atoms with Gasteiger partial charge >= 0.3 is 17.9 Å². The Morgan fingerprint density at radius 2 is 1.07 bits per heavy atom. The van der Waals surface area contributed by atoms with Crippen LogP contribution in [0.15, 0.2) is 24.3 Å². The molecular weight excluding hydrogens is 512 g/mol. The van der Waals surface area contributed by atoms with Crippen molar-refractivity contribution < 1.29 is 33.7 Å². The minimum absolute atomic E-state index is 0.000510. The highest BCUT2D eigenvalue weighted by Crippen LogP contribution is 2.30. The van der Waals surface area contributed by atoms with Gasteiger partial charge in [0.05, 0.1) is 19.6 Å². The van der Waals surface area contributed by atoms with E-state index in [0.29, 0.717) is 12.1 Å². The summed E-state index contributed by atoms with van der Waals surface area (Å²) in [5.41, 5.74) is -1.31. The van der Waals surface area contributed by atoms with Gasteiger partial charge in [0.2, 0.25) is 0 Å². The maximum Gasteiger partial charge on any atom is 0.320 e. The molecule has 1 N–H and O–H groups in total. The number of benzene rings is 1. The van der Waals surface area contributed by atoms with Crippen molar-refractivity contribution in [1.82, 2.24) is 9.80 Å². The summed E-state index contributed by atoms with van der Waals surface area (Å²) in [4.78, 5) is 42.9. The molecule has 9 nitrogen and oxygen atoms in total. The van der Waals surface area contributed by atoms with Crippen molar-refractivity contribution in [3.8, 4) is 5.75 Å². The lowest BCUT2D eigenvalue weighted by Crippen LogP contribution is -2.57. The number of aromatic hydroxyl groups is 1. The molecule has 0 aromatic heterocycles. The molecule has 0 heterocycles. The van der Waals surface area contributed by atoms with Crippen molar-refractivity contribution in [2.24, 2.45) is 0 Å². The largest absolute Gasteiger partial charge is 0.508 e. The molecule has 40 heavy (non-hydrogen) atoms. The summed E-state index contributed by atoms with van der Waals surface area (Å²) in [6.45, 7) is 16.4. The molecule has 1 saturated carbocycles. The van der Waals surface area contributed by atoms with Crippen LogP contribution in [0.25, 0.3) is 0 Å². The molecule has 0 spiro atoms. The van der Waals surface area contributed by atoms with E-state index < -0.39 is 28.7 Å². The molecule has 9 heteroatoms. The van der Waals surface area contributed by atoms with E-state index in [4.69, 9.17) is 14.2 Å². The van der Waals surface area contributed by atoms with Crippen LogP contribution in [0.2, 0.25) is 0 Å². The molecule has 1 fully saturated rings. The number of hydrogen-bond donors (Lipinski definition) is 1. The molecule has 0 unspecified atom stereocenters. The minimum atomic E-state index is -0.672. The van der Waals surface area contributed by atoms with E-state index in [1.54, 1.807) is 53.7 Å². The fraction of sp³-hybridized carbons (Fsp3) is 0.710. The van der Waals surface area contributed by atoms with Gasteiger partial charge in [-0.25, -0.2) is 0 Å². The van der Waals surface area contributed by atoms with E-state index in [1.807, 2.05) is 42.7 Å². The highest BCUT2D eigenvalue weighted by Gasteiger charge is 2.38. The molecule has 226 valence electrons. The third-order valence-corrected chi connectivity index (χ3v) is 6.25. The summed E-state index contributed by atoms with van der Waals surface area (Å²) >= 11 is 0. The Bertz CT molecular complexity index is 974. The molecule has 1 aliphatic carbocycles.